The lowest BCUT2D eigenvalue weighted by molar-refractivity contribution is -0.116. The molecule has 110 valence electrons. The van der Waals surface area contributed by atoms with Crippen molar-refractivity contribution in [3.05, 3.63) is 66.2 Å². The van der Waals surface area contributed by atoms with E-state index in [0.29, 0.717) is 18.7 Å². The van der Waals surface area contributed by atoms with Crippen LogP contribution in [0.3, 0.4) is 0 Å². The first-order valence-corrected chi connectivity index (χ1v) is 7.04. The number of amides is 1. The Labute approximate surface area is 128 Å². The molecule has 1 aromatic heterocycles. The number of carbonyl (C=O) groups is 1. The van der Waals surface area contributed by atoms with Gasteiger partial charge in [-0.1, -0.05) is 53.6 Å². The Morgan fingerprint density at radius 2 is 1.64 bits per heavy atom. The normalized spacial score (nSPS) is 10.4. The summed E-state index contributed by atoms with van der Waals surface area (Å²) in [6, 6.07) is 19.4. The van der Waals surface area contributed by atoms with Crippen LogP contribution in [0.15, 0.2) is 65.1 Å². The molecule has 0 spiro atoms. The van der Waals surface area contributed by atoms with Crippen molar-refractivity contribution in [1.82, 2.24) is 10.2 Å². The zero-order chi connectivity index (χ0) is 15.2. The maximum absolute atomic E-state index is 11.9. The van der Waals surface area contributed by atoms with Crippen LogP contribution in [0, 0.1) is 0 Å². The lowest BCUT2D eigenvalue weighted by Crippen LogP contribution is -2.12. The monoisotopic (exact) mass is 293 g/mol. The summed E-state index contributed by atoms with van der Waals surface area (Å²) in [6.07, 6.45) is 1.04. The van der Waals surface area contributed by atoms with Crippen LogP contribution < -0.4 is 5.32 Å². The van der Waals surface area contributed by atoms with E-state index in [1.807, 2.05) is 60.7 Å². The summed E-state index contributed by atoms with van der Waals surface area (Å²) in [7, 11) is 0. The number of hydrogen-bond donors (Lipinski definition) is 1. The van der Waals surface area contributed by atoms with E-state index in [1.54, 1.807) is 0 Å². The first-order chi connectivity index (χ1) is 10.8. The fourth-order valence-electron chi connectivity index (χ4n) is 2.06. The minimum atomic E-state index is -0.146. The van der Waals surface area contributed by atoms with E-state index in [1.165, 1.54) is 0 Å². The lowest BCUT2D eigenvalue weighted by Gasteiger charge is -2.01. The van der Waals surface area contributed by atoms with Crippen LogP contribution in [0.2, 0.25) is 0 Å². The molecule has 1 amide bonds. The van der Waals surface area contributed by atoms with Crippen LogP contribution in [0.5, 0.6) is 0 Å². The minimum absolute atomic E-state index is 0.122. The maximum Gasteiger partial charge on any atom is 0.322 e. The van der Waals surface area contributed by atoms with Crippen molar-refractivity contribution < 1.29 is 9.21 Å². The molecule has 0 unspecified atom stereocenters. The molecule has 5 nitrogen and oxygen atoms in total. The molecule has 3 rings (SSSR count). The summed E-state index contributed by atoms with van der Waals surface area (Å²) in [6.45, 7) is 0. The molecule has 22 heavy (non-hydrogen) atoms. The molecule has 0 saturated carbocycles. The van der Waals surface area contributed by atoms with Crippen LogP contribution in [-0.2, 0) is 11.2 Å². The minimum Gasteiger partial charge on any atom is -0.403 e. The Balaban J connectivity index is 1.57. The van der Waals surface area contributed by atoms with Gasteiger partial charge in [0.2, 0.25) is 11.8 Å². The van der Waals surface area contributed by atoms with Gasteiger partial charge in [0.1, 0.15) is 0 Å². The molecule has 0 fully saturated rings. The van der Waals surface area contributed by atoms with Crippen molar-refractivity contribution in [2.45, 2.75) is 12.8 Å². The zero-order valence-corrected chi connectivity index (χ0v) is 11.9. The third-order valence-electron chi connectivity index (χ3n) is 3.18. The Kier molecular flexibility index (Phi) is 4.25. The lowest BCUT2D eigenvalue weighted by atomic mass is 10.1. The molecule has 1 N–H and O–H groups in total. The second-order valence-electron chi connectivity index (χ2n) is 4.81. The van der Waals surface area contributed by atoms with Gasteiger partial charge in [-0.3, -0.25) is 10.1 Å². The zero-order valence-electron chi connectivity index (χ0n) is 11.9. The van der Waals surface area contributed by atoms with Gasteiger partial charge >= 0.3 is 6.01 Å². The Morgan fingerprint density at radius 1 is 0.955 bits per heavy atom. The van der Waals surface area contributed by atoms with Crippen molar-refractivity contribution in [3.63, 3.8) is 0 Å². The predicted octanol–water partition coefficient (Wildman–Crippen LogP) is 3.31. The quantitative estimate of drug-likeness (QED) is 0.783. The predicted molar refractivity (Wildman–Crippen MR) is 83.1 cm³/mol. The summed E-state index contributed by atoms with van der Waals surface area (Å²) in [5.41, 5.74) is 1.94. The third-order valence-corrected chi connectivity index (χ3v) is 3.18. The molecule has 0 saturated heterocycles. The average Bonchev–Trinajstić information content (AvgIpc) is 3.03. The van der Waals surface area contributed by atoms with Gasteiger partial charge in [-0.05, 0) is 24.1 Å². The highest BCUT2D eigenvalue weighted by Crippen LogP contribution is 2.19. The van der Waals surface area contributed by atoms with Crippen molar-refractivity contribution in [1.29, 1.82) is 0 Å². The summed E-state index contributed by atoms with van der Waals surface area (Å²) in [4.78, 5) is 11.9. The van der Waals surface area contributed by atoms with Gasteiger partial charge in [0, 0.05) is 12.0 Å². The van der Waals surface area contributed by atoms with Crippen LogP contribution in [0.1, 0.15) is 12.0 Å². The highest BCUT2D eigenvalue weighted by molar-refractivity contribution is 5.88. The molecule has 1 heterocycles. The Bertz CT molecular complexity index is 739. The van der Waals surface area contributed by atoms with Crippen LogP contribution in [-0.4, -0.2) is 16.1 Å². The number of carbonyl (C=O) groups excluding carboxylic acids is 1. The fourth-order valence-corrected chi connectivity index (χ4v) is 2.06. The molecular formula is C17H15N3O2. The molecule has 3 aromatic rings. The molecule has 0 aliphatic heterocycles. The van der Waals surface area contributed by atoms with E-state index >= 15 is 0 Å². The second kappa shape index (κ2) is 6.67. The maximum atomic E-state index is 11.9. The van der Waals surface area contributed by atoms with Crippen LogP contribution in [0.25, 0.3) is 11.5 Å². The number of aryl methyl sites for hydroxylation is 1. The molecular weight excluding hydrogens is 278 g/mol. The summed E-state index contributed by atoms with van der Waals surface area (Å²) < 4.78 is 5.44. The molecule has 0 aliphatic rings. The van der Waals surface area contributed by atoms with Crippen LogP contribution in [0.4, 0.5) is 6.01 Å². The van der Waals surface area contributed by atoms with Crippen LogP contribution >= 0.6 is 0 Å². The van der Waals surface area contributed by atoms with Crippen molar-refractivity contribution in [2.75, 3.05) is 5.32 Å². The van der Waals surface area contributed by atoms with Gasteiger partial charge in [0.05, 0.1) is 0 Å². The Morgan fingerprint density at radius 3 is 2.36 bits per heavy atom. The van der Waals surface area contributed by atoms with E-state index in [2.05, 4.69) is 15.5 Å². The average molecular weight is 293 g/mol. The van der Waals surface area contributed by atoms with E-state index in [0.717, 1.165) is 11.1 Å². The Hall–Kier alpha value is -2.95. The van der Waals surface area contributed by atoms with Gasteiger partial charge in [-0.25, -0.2) is 0 Å². The van der Waals surface area contributed by atoms with Gasteiger partial charge in [-0.15, -0.1) is 5.10 Å². The molecule has 0 aliphatic carbocycles. The third kappa shape index (κ3) is 3.58. The van der Waals surface area contributed by atoms with Crippen molar-refractivity contribution in [2.24, 2.45) is 0 Å². The largest absolute Gasteiger partial charge is 0.403 e. The molecule has 0 bridgehead atoms. The first-order valence-electron chi connectivity index (χ1n) is 7.04. The van der Waals surface area contributed by atoms with E-state index in [4.69, 9.17) is 4.42 Å². The molecule has 2 aromatic carbocycles. The number of benzene rings is 2. The number of hydrogen-bond acceptors (Lipinski definition) is 4. The number of nitrogens with one attached hydrogen (secondary N) is 1. The molecule has 5 heteroatoms. The highest BCUT2D eigenvalue weighted by Gasteiger charge is 2.11. The standard InChI is InChI=1S/C17H15N3O2/c21-15(12-11-13-7-3-1-4-8-13)18-17-20-19-16(22-17)14-9-5-2-6-10-14/h1-10H,11-12H2,(H,18,20,21). The first kappa shape index (κ1) is 14.0. The van der Waals surface area contributed by atoms with Gasteiger partial charge < -0.3 is 4.42 Å². The smallest absolute Gasteiger partial charge is 0.322 e. The number of rotatable bonds is 5. The van der Waals surface area contributed by atoms with E-state index < -0.39 is 0 Å². The van der Waals surface area contributed by atoms with Gasteiger partial charge in [0.25, 0.3) is 0 Å². The topological polar surface area (TPSA) is 68.0 Å². The second-order valence-corrected chi connectivity index (χ2v) is 4.81. The summed E-state index contributed by atoms with van der Waals surface area (Å²) in [5, 5.41) is 10.4. The SMILES string of the molecule is O=C(CCc1ccccc1)Nc1nnc(-c2ccccc2)o1. The summed E-state index contributed by atoms with van der Waals surface area (Å²) in [5.74, 6) is 0.242. The van der Waals surface area contributed by atoms with E-state index in [9.17, 15) is 4.79 Å². The van der Waals surface area contributed by atoms with Gasteiger partial charge in [0.15, 0.2) is 0 Å². The summed E-state index contributed by atoms with van der Waals surface area (Å²) >= 11 is 0. The molecule has 0 radical (unpaired) electrons. The van der Waals surface area contributed by atoms with Crippen molar-refractivity contribution >= 4 is 11.9 Å². The number of anilines is 1. The van der Waals surface area contributed by atoms with E-state index in [-0.39, 0.29) is 11.9 Å². The fraction of sp³-hybridized carbons (Fsp3) is 0.118. The molecule has 0 atom stereocenters. The highest BCUT2D eigenvalue weighted by atomic mass is 16.4. The van der Waals surface area contributed by atoms with Crippen molar-refractivity contribution in [3.8, 4) is 11.5 Å². The number of nitrogens with zero attached hydrogens (tertiary/aromatic N) is 2. The van der Waals surface area contributed by atoms with Gasteiger partial charge in [-0.2, -0.15) is 0 Å². The number of aromatic nitrogens is 2.